The van der Waals surface area contributed by atoms with Gasteiger partial charge in [-0.1, -0.05) is 110 Å². The normalized spacial score (nSPS) is 16.6. The van der Waals surface area contributed by atoms with Crippen LogP contribution in [0.1, 0.15) is 101 Å². The van der Waals surface area contributed by atoms with Crippen LogP contribution in [0.3, 0.4) is 0 Å². The van der Waals surface area contributed by atoms with E-state index in [4.69, 9.17) is 0 Å². The van der Waals surface area contributed by atoms with Crippen molar-refractivity contribution in [1.82, 2.24) is 0 Å². The van der Waals surface area contributed by atoms with Crippen LogP contribution in [-0.2, 0) is 36.5 Å². The molecule has 6 aromatic rings. The molecule has 2 nitrogen and oxygen atoms in total. The lowest BCUT2D eigenvalue weighted by atomic mass is 9.33. The fourth-order valence-corrected chi connectivity index (χ4v) is 10.4. The van der Waals surface area contributed by atoms with Crippen molar-refractivity contribution in [1.29, 1.82) is 0 Å². The zero-order chi connectivity index (χ0) is 37.5. The summed E-state index contributed by atoms with van der Waals surface area (Å²) in [5.74, 6) is 0. The van der Waals surface area contributed by atoms with Crippen LogP contribution >= 0.6 is 0 Å². The second kappa shape index (κ2) is 11.4. The van der Waals surface area contributed by atoms with Gasteiger partial charge < -0.3 is 9.80 Å². The highest BCUT2D eigenvalue weighted by Crippen LogP contribution is 2.49. The number of fused-ring (bicyclic) bond motifs is 5. The van der Waals surface area contributed by atoms with E-state index in [9.17, 15) is 0 Å². The van der Waals surface area contributed by atoms with Gasteiger partial charge in [0, 0.05) is 33.8 Å². The second-order valence-electron chi connectivity index (χ2n) is 19.8. The van der Waals surface area contributed by atoms with Gasteiger partial charge in [-0.25, -0.2) is 0 Å². The molecule has 4 aliphatic rings. The molecule has 2 aliphatic heterocycles. The van der Waals surface area contributed by atoms with E-state index in [2.05, 4.69) is 169 Å². The molecule has 0 unspecified atom stereocenters. The molecule has 2 aliphatic carbocycles. The van der Waals surface area contributed by atoms with Crippen LogP contribution < -0.4 is 26.2 Å². The molecule has 0 fully saturated rings. The minimum absolute atomic E-state index is 0.0194. The van der Waals surface area contributed by atoms with Gasteiger partial charge in [0.15, 0.2) is 0 Å². The Hall–Kier alpha value is -4.76. The Kier molecular flexibility index (Phi) is 7.12. The Morgan fingerprint density at radius 1 is 0.556 bits per heavy atom. The number of benzene rings is 6. The summed E-state index contributed by atoms with van der Waals surface area (Å²) < 4.78 is 0. The number of rotatable bonds is 2. The Morgan fingerprint density at radius 3 is 1.89 bits per heavy atom. The maximum atomic E-state index is 2.66. The molecule has 54 heavy (non-hydrogen) atoms. The zero-order valence-corrected chi connectivity index (χ0v) is 33.7. The largest absolute Gasteiger partial charge is 0.311 e. The highest BCUT2D eigenvalue weighted by molar-refractivity contribution is 7.00. The molecule has 2 heterocycles. The summed E-state index contributed by atoms with van der Waals surface area (Å²) in [6.45, 7) is 21.3. The second-order valence-corrected chi connectivity index (χ2v) is 19.8. The molecule has 3 heteroatoms. The van der Waals surface area contributed by atoms with Crippen LogP contribution in [0.2, 0.25) is 0 Å². The third kappa shape index (κ3) is 5.06. The number of anilines is 6. The van der Waals surface area contributed by atoms with E-state index in [1.807, 2.05) is 0 Å². The molecular weight excluding hydrogens is 651 g/mol. The standard InChI is InChI=1S/C51H53BN2/c1-31-24-45-48-46(25-31)54(42-23-16-33-13-10-12-32-14-11-15-39(42)47(32)33)44-28-37(50(5,6)7)19-22-40(44)52(48)41-26-34-29-51(8,9)30-35(34)27-43(41)53(45)38-20-17-36(18-21-38)49(2,3)4/h11,14-28H,10,12-13,29-30H2,1-9H3. The molecule has 0 atom stereocenters. The number of hydrogen-bond acceptors (Lipinski definition) is 2. The third-order valence-corrected chi connectivity index (χ3v) is 13.1. The van der Waals surface area contributed by atoms with Crippen molar-refractivity contribution < 1.29 is 0 Å². The van der Waals surface area contributed by atoms with Crippen molar-refractivity contribution in [2.24, 2.45) is 5.41 Å². The molecule has 270 valence electrons. The van der Waals surface area contributed by atoms with Gasteiger partial charge in [0.25, 0.3) is 6.71 Å². The fraction of sp³-hybridized carbons (Fsp3) is 0.333. The van der Waals surface area contributed by atoms with Crippen molar-refractivity contribution in [2.45, 2.75) is 105 Å². The average Bonchev–Trinajstić information content (AvgIpc) is 3.43. The van der Waals surface area contributed by atoms with Gasteiger partial charge in [0.1, 0.15) is 0 Å². The topological polar surface area (TPSA) is 6.48 Å². The molecule has 0 amide bonds. The quantitative estimate of drug-likeness (QED) is 0.165. The minimum atomic E-state index is 0.0194. The predicted octanol–water partition coefficient (Wildman–Crippen LogP) is 11.4. The van der Waals surface area contributed by atoms with Gasteiger partial charge in [0.2, 0.25) is 0 Å². The molecular formula is C51H53BN2. The van der Waals surface area contributed by atoms with Crippen LogP contribution in [0, 0.1) is 12.3 Å². The van der Waals surface area contributed by atoms with Gasteiger partial charge in [-0.05, 0) is 158 Å². The van der Waals surface area contributed by atoms with Gasteiger partial charge in [-0.2, -0.15) is 0 Å². The van der Waals surface area contributed by atoms with E-state index in [-0.39, 0.29) is 23.0 Å². The third-order valence-electron chi connectivity index (χ3n) is 13.1. The summed E-state index contributed by atoms with van der Waals surface area (Å²) >= 11 is 0. The number of hydrogen-bond donors (Lipinski definition) is 0. The molecule has 10 rings (SSSR count). The van der Waals surface area contributed by atoms with E-state index in [0.717, 1.165) is 25.7 Å². The monoisotopic (exact) mass is 704 g/mol. The Bertz CT molecular complexity index is 2530. The maximum Gasteiger partial charge on any atom is 0.252 e. The molecule has 0 saturated carbocycles. The highest BCUT2D eigenvalue weighted by Gasteiger charge is 2.45. The summed E-state index contributed by atoms with van der Waals surface area (Å²) in [6, 6.07) is 38.9. The minimum Gasteiger partial charge on any atom is -0.311 e. The van der Waals surface area contributed by atoms with Crippen molar-refractivity contribution in [3.63, 3.8) is 0 Å². The average molecular weight is 705 g/mol. The van der Waals surface area contributed by atoms with Crippen molar-refractivity contribution in [3.05, 3.63) is 136 Å². The summed E-state index contributed by atoms with van der Waals surface area (Å²) in [6.07, 6.45) is 5.78. The fourth-order valence-electron chi connectivity index (χ4n) is 10.4. The smallest absolute Gasteiger partial charge is 0.252 e. The summed E-state index contributed by atoms with van der Waals surface area (Å²) in [5, 5.41) is 2.85. The zero-order valence-electron chi connectivity index (χ0n) is 33.7. The van der Waals surface area contributed by atoms with Gasteiger partial charge in [0.05, 0.1) is 5.69 Å². The van der Waals surface area contributed by atoms with Crippen LogP contribution in [0.4, 0.5) is 34.1 Å². The first-order valence-corrected chi connectivity index (χ1v) is 20.4. The van der Waals surface area contributed by atoms with E-state index >= 15 is 0 Å². The van der Waals surface area contributed by atoms with E-state index in [1.165, 1.54) is 107 Å². The molecule has 0 spiro atoms. The lowest BCUT2D eigenvalue weighted by molar-refractivity contribution is 0.392. The molecule has 6 aromatic carbocycles. The van der Waals surface area contributed by atoms with Gasteiger partial charge in [-0.3, -0.25) is 0 Å². The number of aryl methyl sites for hydroxylation is 3. The lowest BCUT2D eigenvalue weighted by Gasteiger charge is -2.45. The maximum absolute atomic E-state index is 2.66. The first kappa shape index (κ1) is 33.8. The molecule has 0 saturated heterocycles. The van der Waals surface area contributed by atoms with Crippen LogP contribution in [0.5, 0.6) is 0 Å². The Labute approximate surface area is 323 Å². The van der Waals surface area contributed by atoms with Crippen molar-refractivity contribution in [2.75, 3.05) is 9.80 Å². The van der Waals surface area contributed by atoms with Crippen LogP contribution in [0.15, 0.2) is 97.1 Å². The van der Waals surface area contributed by atoms with Crippen molar-refractivity contribution >= 4 is 68.0 Å². The Morgan fingerprint density at radius 2 is 1.19 bits per heavy atom. The highest BCUT2D eigenvalue weighted by atomic mass is 15.2. The van der Waals surface area contributed by atoms with E-state index in [1.54, 1.807) is 0 Å². The molecule has 0 bridgehead atoms. The summed E-state index contributed by atoms with van der Waals surface area (Å²) in [4.78, 5) is 5.27. The first-order valence-electron chi connectivity index (χ1n) is 20.4. The SMILES string of the molecule is Cc1cc2c3c(c1)N(c1ccc4c5c(cccc15)CCC4)c1cc(C(C)(C)C)ccc1B3c1cc3c(cc1N2c1ccc(C(C)(C)C)cc1)CC(C)(C)C3. The lowest BCUT2D eigenvalue weighted by Crippen LogP contribution is -2.61. The number of nitrogens with zero attached hydrogens (tertiary/aromatic N) is 2. The van der Waals surface area contributed by atoms with E-state index in [0.29, 0.717) is 0 Å². The Balaban J connectivity index is 1.30. The first-order chi connectivity index (χ1) is 25.7. The molecule has 0 radical (unpaired) electrons. The molecule has 0 N–H and O–H groups in total. The van der Waals surface area contributed by atoms with E-state index < -0.39 is 0 Å². The van der Waals surface area contributed by atoms with Crippen molar-refractivity contribution in [3.8, 4) is 0 Å². The van der Waals surface area contributed by atoms with Crippen LogP contribution in [-0.4, -0.2) is 6.71 Å². The summed E-state index contributed by atoms with van der Waals surface area (Å²) in [7, 11) is 0. The van der Waals surface area contributed by atoms with Gasteiger partial charge >= 0.3 is 0 Å². The predicted molar refractivity (Wildman–Crippen MR) is 233 cm³/mol. The molecule has 0 aromatic heterocycles. The summed E-state index contributed by atoms with van der Waals surface area (Å²) in [5.41, 5.74) is 22.5. The van der Waals surface area contributed by atoms with Crippen LogP contribution in [0.25, 0.3) is 10.8 Å². The van der Waals surface area contributed by atoms with Gasteiger partial charge in [-0.15, -0.1) is 0 Å².